The Hall–Kier alpha value is -1.74. The second kappa shape index (κ2) is 5.74. The summed E-state index contributed by atoms with van der Waals surface area (Å²) in [5.74, 6) is 6.04. The third-order valence-electron chi connectivity index (χ3n) is 2.24. The highest BCUT2D eigenvalue weighted by atomic mass is 32.2. The fourth-order valence-corrected chi connectivity index (χ4v) is 1.94. The van der Waals surface area contributed by atoms with Crippen molar-refractivity contribution in [2.75, 3.05) is 5.43 Å². The molecule has 2 heterocycles. The molecule has 18 heavy (non-hydrogen) atoms. The maximum Gasteiger partial charge on any atom is 0.257 e. The number of nitrogen functional groups attached to an aromatic ring is 1. The number of anilines is 1. The summed E-state index contributed by atoms with van der Waals surface area (Å²) in [6.07, 6.45) is 3.97. The molecule has 9 heteroatoms. The maximum absolute atomic E-state index is 5.35. The zero-order valence-electron chi connectivity index (χ0n) is 10.1. The van der Waals surface area contributed by atoms with Crippen molar-refractivity contribution in [3.05, 3.63) is 12.7 Å². The molecular formula is C9H14N8S. The van der Waals surface area contributed by atoms with Gasteiger partial charge < -0.3 is 0 Å². The number of hydrogen-bond acceptors (Lipinski definition) is 8. The molecule has 0 aliphatic rings. The molecule has 8 nitrogen and oxygen atoms in total. The van der Waals surface area contributed by atoms with Crippen LogP contribution in [0.2, 0.25) is 0 Å². The topological polar surface area (TPSA) is 107 Å². The van der Waals surface area contributed by atoms with Crippen molar-refractivity contribution in [1.82, 2.24) is 29.7 Å². The summed E-state index contributed by atoms with van der Waals surface area (Å²) in [5.41, 5.74) is 2.42. The monoisotopic (exact) mass is 266 g/mol. The van der Waals surface area contributed by atoms with Gasteiger partial charge in [0.2, 0.25) is 5.95 Å². The predicted octanol–water partition coefficient (Wildman–Crippen LogP) is 0.629. The van der Waals surface area contributed by atoms with Crippen molar-refractivity contribution in [2.45, 2.75) is 30.7 Å². The highest BCUT2D eigenvalue weighted by Crippen LogP contribution is 2.22. The van der Waals surface area contributed by atoms with Crippen molar-refractivity contribution < 1.29 is 0 Å². The fourth-order valence-electron chi connectivity index (χ4n) is 1.14. The Balaban J connectivity index is 2.33. The van der Waals surface area contributed by atoms with E-state index in [0.717, 1.165) is 6.42 Å². The molecule has 2 aromatic heterocycles. The number of hydrogen-bond donors (Lipinski definition) is 2. The van der Waals surface area contributed by atoms with E-state index in [4.69, 9.17) is 5.84 Å². The molecule has 0 radical (unpaired) electrons. The number of thioether (sulfide) groups is 1. The van der Waals surface area contributed by atoms with Gasteiger partial charge in [0, 0.05) is 5.25 Å². The van der Waals surface area contributed by atoms with Gasteiger partial charge in [0.05, 0.1) is 0 Å². The first-order valence-electron chi connectivity index (χ1n) is 5.47. The first kappa shape index (κ1) is 12.7. The molecular weight excluding hydrogens is 252 g/mol. The second-order valence-electron chi connectivity index (χ2n) is 3.56. The van der Waals surface area contributed by atoms with Crippen LogP contribution < -0.4 is 11.3 Å². The molecule has 0 bridgehead atoms. The van der Waals surface area contributed by atoms with Gasteiger partial charge in [-0.25, -0.2) is 10.8 Å². The van der Waals surface area contributed by atoms with Crippen LogP contribution in [-0.4, -0.2) is 35.0 Å². The minimum atomic E-state index is 0.307. The molecule has 0 aliphatic heterocycles. The lowest BCUT2D eigenvalue weighted by molar-refractivity contribution is 0.756. The minimum absolute atomic E-state index is 0.307. The zero-order valence-corrected chi connectivity index (χ0v) is 10.9. The van der Waals surface area contributed by atoms with Gasteiger partial charge >= 0.3 is 0 Å². The Morgan fingerprint density at radius 2 is 2.28 bits per heavy atom. The van der Waals surface area contributed by atoms with Gasteiger partial charge in [0.15, 0.2) is 5.16 Å². The summed E-state index contributed by atoms with van der Waals surface area (Å²) in [5, 5.41) is 5.00. The number of hydrazine groups is 1. The van der Waals surface area contributed by atoms with Crippen LogP contribution in [0.25, 0.3) is 5.95 Å². The van der Waals surface area contributed by atoms with E-state index in [-0.39, 0.29) is 0 Å². The molecule has 2 aromatic rings. The molecule has 0 saturated carbocycles. The van der Waals surface area contributed by atoms with E-state index in [1.165, 1.54) is 17.3 Å². The lowest BCUT2D eigenvalue weighted by atomic mass is 10.4. The van der Waals surface area contributed by atoms with Gasteiger partial charge in [-0.3, -0.25) is 5.43 Å². The molecule has 0 spiro atoms. The van der Waals surface area contributed by atoms with Gasteiger partial charge in [0.25, 0.3) is 5.95 Å². The molecule has 0 fully saturated rings. The van der Waals surface area contributed by atoms with Crippen LogP contribution in [0.1, 0.15) is 20.3 Å². The third kappa shape index (κ3) is 2.93. The zero-order chi connectivity index (χ0) is 13.0. The Labute approximate surface area is 108 Å². The van der Waals surface area contributed by atoms with Crippen LogP contribution in [-0.2, 0) is 0 Å². The largest absolute Gasteiger partial charge is 0.292 e. The van der Waals surface area contributed by atoms with Crippen LogP contribution in [0, 0.1) is 0 Å². The summed E-state index contributed by atoms with van der Waals surface area (Å²) in [6.45, 7) is 4.22. The quantitative estimate of drug-likeness (QED) is 0.461. The van der Waals surface area contributed by atoms with E-state index in [1.54, 1.807) is 11.8 Å². The molecule has 0 aromatic carbocycles. The van der Waals surface area contributed by atoms with Gasteiger partial charge in [-0.2, -0.15) is 24.7 Å². The number of nitrogens with two attached hydrogens (primary N) is 1. The van der Waals surface area contributed by atoms with E-state index in [1.807, 2.05) is 0 Å². The molecule has 3 N–H and O–H groups in total. The summed E-state index contributed by atoms with van der Waals surface area (Å²) < 4.78 is 1.46. The maximum atomic E-state index is 5.35. The number of rotatable bonds is 5. The molecule has 2 rings (SSSR count). The van der Waals surface area contributed by atoms with E-state index in [9.17, 15) is 0 Å². The van der Waals surface area contributed by atoms with Crippen LogP contribution in [0.3, 0.4) is 0 Å². The van der Waals surface area contributed by atoms with Crippen LogP contribution in [0.5, 0.6) is 0 Å². The smallest absolute Gasteiger partial charge is 0.257 e. The van der Waals surface area contributed by atoms with E-state index in [0.29, 0.717) is 22.3 Å². The highest BCUT2D eigenvalue weighted by Gasteiger charge is 2.11. The molecule has 0 amide bonds. The van der Waals surface area contributed by atoms with Gasteiger partial charge in [0.1, 0.15) is 12.7 Å². The average molecular weight is 266 g/mol. The molecule has 1 atom stereocenters. The number of nitrogens with zero attached hydrogens (tertiary/aromatic N) is 6. The molecule has 0 saturated heterocycles. The Kier molecular flexibility index (Phi) is 4.05. The minimum Gasteiger partial charge on any atom is -0.292 e. The first-order valence-corrected chi connectivity index (χ1v) is 6.35. The summed E-state index contributed by atoms with van der Waals surface area (Å²) >= 11 is 1.57. The van der Waals surface area contributed by atoms with Crippen molar-refractivity contribution in [2.24, 2.45) is 5.84 Å². The second-order valence-corrected chi connectivity index (χ2v) is 4.97. The summed E-state index contributed by atoms with van der Waals surface area (Å²) in [4.78, 5) is 16.5. The Morgan fingerprint density at radius 1 is 1.44 bits per heavy atom. The van der Waals surface area contributed by atoms with Gasteiger partial charge in [-0.15, -0.1) is 0 Å². The van der Waals surface area contributed by atoms with E-state index < -0.39 is 0 Å². The van der Waals surface area contributed by atoms with Crippen LogP contribution in [0.15, 0.2) is 17.8 Å². The Morgan fingerprint density at radius 3 is 2.89 bits per heavy atom. The normalized spacial score (nSPS) is 12.4. The average Bonchev–Trinajstić information content (AvgIpc) is 2.92. The highest BCUT2D eigenvalue weighted by molar-refractivity contribution is 7.99. The molecule has 1 unspecified atom stereocenters. The first-order chi connectivity index (χ1) is 8.72. The predicted molar refractivity (Wildman–Crippen MR) is 68.2 cm³/mol. The molecule has 96 valence electrons. The van der Waals surface area contributed by atoms with Crippen LogP contribution in [0.4, 0.5) is 5.95 Å². The van der Waals surface area contributed by atoms with Crippen molar-refractivity contribution in [3.63, 3.8) is 0 Å². The lowest BCUT2D eigenvalue weighted by Gasteiger charge is -2.08. The standard InChI is InChI=1S/C9H14N8S/c1-3-6(2)18-9-14-7(16-10)13-8(15-9)17-5-11-4-12-17/h4-6H,3,10H2,1-2H3,(H,13,14,15,16). The lowest BCUT2D eigenvalue weighted by Crippen LogP contribution is -2.14. The molecule has 0 aliphatic carbocycles. The van der Waals surface area contributed by atoms with Crippen molar-refractivity contribution in [1.29, 1.82) is 0 Å². The van der Waals surface area contributed by atoms with E-state index in [2.05, 4.69) is 44.3 Å². The van der Waals surface area contributed by atoms with E-state index >= 15 is 0 Å². The number of nitrogens with one attached hydrogen (secondary N) is 1. The third-order valence-corrected chi connectivity index (χ3v) is 3.37. The summed E-state index contributed by atoms with van der Waals surface area (Å²) in [6, 6.07) is 0. The van der Waals surface area contributed by atoms with Gasteiger partial charge in [-0.1, -0.05) is 25.6 Å². The summed E-state index contributed by atoms with van der Waals surface area (Å²) in [7, 11) is 0. The Bertz CT molecular complexity index is 499. The van der Waals surface area contributed by atoms with Crippen LogP contribution >= 0.6 is 11.8 Å². The fraction of sp³-hybridized carbons (Fsp3) is 0.444. The van der Waals surface area contributed by atoms with Gasteiger partial charge in [-0.05, 0) is 6.42 Å². The van der Waals surface area contributed by atoms with Crippen molar-refractivity contribution >= 4 is 17.7 Å². The SMILES string of the molecule is CCC(C)Sc1nc(NN)nc(-n2cncn2)n1. The number of aromatic nitrogens is 6. The van der Waals surface area contributed by atoms with Crippen molar-refractivity contribution in [3.8, 4) is 5.95 Å².